The van der Waals surface area contributed by atoms with E-state index in [0.717, 1.165) is 6.42 Å². The minimum absolute atomic E-state index is 0.335. The highest BCUT2D eigenvalue weighted by Gasteiger charge is 2.16. The Kier molecular flexibility index (Phi) is 6.32. The van der Waals surface area contributed by atoms with E-state index in [1.807, 2.05) is 6.92 Å². The molecule has 0 aromatic heterocycles. The standard InChI is InChI=1S/C13H19FN2O2/c1-2-18-9-3-8-16-12(13(15)17)10-4-6-11(14)7-5-10/h4-7,12,16H,2-3,8-9H2,1H3,(H2,15,17). The number of amides is 1. The molecule has 3 N–H and O–H groups in total. The monoisotopic (exact) mass is 254 g/mol. The predicted octanol–water partition coefficient (Wildman–Crippen LogP) is 1.37. The molecule has 1 rings (SSSR count). The molecule has 0 aliphatic carbocycles. The highest BCUT2D eigenvalue weighted by atomic mass is 19.1. The lowest BCUT2D eigenvalue weighted by atomic mass is 10.1. The molecule has 1 aromatic rings. The molecular weight excluding hydrogens is 235 g/mol. The van der Waals surface area contributed by atoms with Crippen LogP contribution >= 0.6 is 0 Å². The molecule has 0 fully saturated rings. The van der Waals surface area contributed by atoms with Gasteiger partial charge in [0.05, 0.1) is 0 Å². The minimum Gasteiger partial charge on any atom is -0.382 e. The van der Waals surface area contributed by atoms with E-state index >= 15 is 0 Å². The fourth-order valence-corrected chi connectivity index (χ4v) is 1.60. The fraction of sp³-hybridized carbons (Fsp3) is 0.462. The maximum absolute atomic E-state index is 12.8. The zero-order valence-corrected chi connectivity index (χ0v) is 10.5. The first-order chi connectivity index (χ1) is 8.65. The Morgan fingerprint density at radius 1 is 1.44 bits per heavy atom. The van der Waals surface area contributed by atoms with Gasteiger partial charge in [0, 0.05) is 13.2 Å². The largest absolute Gasteiger partial charge is 0.382 e. The third-order valence-corrected chi connectivity index (χ3v) is 2.51. The molecule has 1 unspecified atom stereocenters. The average Bonchev–Trinajstić information content (AvgIpc) is 2.35. The summed E-state index contributed by atoms with van der Waals surface area (Å²) in [6.45, 7) is 3.86. The van der Waals surface area contributed by atoms with Crippen molar-refractivity contribution in [1.29, 1.82) is 0 Å². The van der Waals surface area contributed by atoms with Gasteiger partial charge in [-0.2, -0.15) is 0 Å². The zero-order valence-electron chi connectivity index (χ0n) is 10.5. The molecule has 18 heavy (non-hydrogen) atoms. The van der Waals surface area contributed by atoms with Gasteiger partial charge in [0.2, 0.25) is 5.91 Å². The number of halogens is 1. The van der Waals surface area contributed by atoms with Crippen LogP contribution in [0, 0.1) is 5.82 Å². The third-order valence-electron chi connectivity index (χ3n) is 2.51. The van der Waals surface area contributed by atoms with E-state index in [9.17, 15) is 9.18 Å². The molecule has 0 saturated carbocycles. The highest BCUT2D eigenvalue weighted by Crippen LogP contribution is 2.13. The average molecular weight is 254 g/mol. The lowest BCUT2D eigenvalue weighted by molar-refractivity contribution is -0.120. The van der Waals surface area contributed by atoms with Crippen LogP contribution in [0.15, 0.2) is 24.3 Å². The molecule has 1 atom stereocenters. The summed E-state index contributed by atoms with van der Waals surface area (Å²) in [5.41, 5.74) is 5.99. The second-order valence-corrected chi connectivity index (χ2v) is 3.89. The van der Waals surface area contributed by atoms with Crippen LogP contribution in [-0.2, 0) is 9.53 Å². The van der Waals surface area contributed by atoms with E-state index in [4.69, 9.17) is 10.5 Å². The molecule has 100 valence electrons. The summed E-state index contributed by atoms with van der Waals surface area (Å²) < 4.78 is 18.0. The van der Waals surface area contributed by atoms with Gasteiger partial charge in [-0.25, -0.2) is 4.39 Å². The van der Waals surface area contributed by atoms with Crippen molar-refractivity contribution < 1.29 is 13.9 Å². The summed E-state index contributed by atoms with van der Waals surface area (Å²) in [5, 5.41) is 3.04. The lowest BCUT2D eigenvalue weighted by Crippen LogP contribution is -2.34. The molecule has 0 saturated heterocycles. The van der Waals surface area contributed by atoms with Gasteiger partial charge < -0.3 is 15.8 Å². The number of nitrogens with two attached hydrogens (primary N) is 1. The fourth-order valence-electron chi connectivity index (χ4n) is 1.60. The van der Waals surface area contributed by atoms with Gasteiger partial charge in [0.1, 0.15) is 11.9 Å². The second-order valence-electron chi connectivity index (χ2n) is 3.89. The van der Waals surface area contributed by atoms with E-state index in [1.54, 1.807) is 12.1 Å². The van der Waals surface area contributed by atoms with Crippen molar-refractivity contribution in [3.63, 3.8) is 0 Å². The molecular formula is C13H19FN2O2. The van der Waals surface area contributed by atoms with Crippen molar-refractivity contribution in [1.82, 2.24) is 5.32 Å². The lowest BCUT2D eigenvalue weighted by Gasteiger charge is -2.15. The van der Waals surface area contributed by atoms with E-state index in [0.29, 0.717) is 25.3 Å². The molecule has 0 aliphatic rings. The van der Waals surface area contributed by atoms with E-state index < -0.39 is 11.9 Å². The smallest absolute Gasteiger partial charge is 0.239 e. The number of benzene rings is 1. The summed E-state index contributed by atoms with van der Waals surface area (Å²) in [4.78, 5) is 11.3. The molecule has 0 aliphatic heterocycles. The summed E-state index contributed by atoms with van der Waals surface area (Å²) in [5.74, 6) is -0.809. The van der Waals surface area contributed by atoms with Crippen molar-refractivity contribution in [2.24, 2.45) is 5.73 Å². The molecule has 1 aromatic carbocycles. The molecule has 0 heterocycles. The Bertz CT molecular complexity index is 368. The van der Waals surface area contributed by atoms with E-state index in [-0.39, 0.29) is 5.82 Å². The van der Waals surface area contributed by atoms with Crippen LogP contribution < -0.4 is 11.1 Å². The topological polar surface area (TPSA) is 64.3 Å². The van der Waals surface area contributed by atoms with Crippen LogP contribution in [-0.4, -0.2) is 25.7 Å². The highest BCUT2D eigenvalue weighted by molar-refractivity contribution is 5.81. The first-order valence-electron chi connectivity index (χ1n) is 6.01. The quantitative estimate of drug-likeness (QED) is 0.689. The first-order valence-corrected chi connectivity index (χ1v) is 6.01. The molecule has 0 radical (unpaired) electrons. The molecule has 5 heteroatoms. The van der Waals surface area contributed by atoms with Crippen LogP contribution in [0.1, 0.15) is 24.9 Å². The van der Waals surface area contributed by atoms with Crippen LogP contribution in [0.2, 0.25) is 0 Å². The molecule has 0 bridgehead atoms. The molecule has 0 spiro atoms. The number of hydrogen-bond donors (Lipinski definition) is 2. The van der Waals surface area contributed by atoms with Gasteiger partial charge in [-0.3, -0.25) is 4.79 Å². The van der Waals surface area contributed by atoms with Crippen molar-refractivity contribution in [3.8, 4) is 0 Å². The number of ether oxygens (including phenoxy) is 1. The number of rotatable bonds is 8. The van der Waals surface area contributed by atoms with Crippen molar-refractivity contribution in [2.75, 3.05) is 19.8 Å². The third kappa shape index (κ3) is 4.81. The number of nitrogens with one attached hydrogen (secondary N) is 1. The van der Waals surface area contributed by atoms with Gasteiger partial charge in [-0.1, -0.05) is 12.1 Å². The zero-order chi connectivity index (χ0) is 13.4. The van der Waals surface area contributed by atoms with Crippen molar-refractivity contribution in [3.05, 3.63) is 35.6 Å². The number of primary amides is 1. The molecule has 4 nitrogen and oxygen atoms in total. The minimum atomic E-state index is -0.591. The predicted molar refractivity (Wildman–Crippen MR) is 67.4 cm³/mol. The maximum atomic E-state index is 12.8. The number of carbonyl (C=O) groups excluding carboxylic acids is 1. The Balaban J connectivity index is 2.50. The van der Waals surface area contributed by atoms with Crippen molar-refractivity contribution >= 4 is 5.91 Å². The Morgan fingerprint density at radius 3 is 2.67 bits per heavy atom. The van der Waals surface area contributed by atoms with Crippen LogP contribution in [0.5, 0.6) is 0 Å². The Morgan fingerprint density at radius 2 is 2.11 bits per heavy atom. The normalized spacial score (nSPS) is 12.3. The summed E-state index contributed by atoms with van der Waals surface area (Å²) in [6.07, 6.45) is 0.790. The van der Waals surface area contributed by atoms with Crippen LogP contribution in [0.25, 0.3) is 0 Å². The van der Waals surface area contributed by atoms with Crippen LogP contribution in [0.3, 0.4) is 0 Å². The van der Waals surface area contributed by atoms with Gasteiger partial charge in [0.25, 0.3) is 0 Å². The Labute approximate surface area is 106 Å². The molecule has 1 amide bonds. The van der Waals surface area contributed by atoms with E-state index in [2.05, 4.69) is 5.32 Å². The number of hydrogen-bond acceptors (Lipinski definition) is 3. The van der Waals surface area contributed by atoms with Gasteiger partial charge in [-0.15, -0.1) is 0 Å². The van der Waals surface area contributed by atoms with Gasteiger partial charge in [-0.05, 0) is 37.6 Å². The summed E-state index contributed by atoms with van der Waals surface area (Å²) >= 11 is 0. The van der Waals surface area contributed by atoms with Crippen molar-refractivity contribution in [2.45, 2.75) is 19.4 Å². The maximum Gasteiger partial charge on any atom is 0.239 e. The first kappa shape index (κ1) is 14.6. The van der Waals surface area contributed by atoms with Crippen LogP contribution in [0.4, 0.5) is 4.39 Å². The van der Waals surface area contributed by atoms with Gasteiger partial charge >= 0.3 is 0 Å². The van der Waals surface area contributed by atoms with E-state index in [1.165, 1.54) is 12.1 Å². The number of carbonyl (C=O) groups is 1. The summed E-state index contributed by atoms with van der Waals surface area (Å²) in [6, 6.07) is 5.15. The van der Waals surface area contributed by atoms with Gasteiger partial charge in [0.15, 0.2) is 0 Å². The Hall–Kier alpha value is -1.46. The SMILES string of the molecule is CCOCCCNC(C(N)=O)c1ccc(F)cc1. The second kappa shape index (κ2) is 7.79. The summed E-state index contributed by atoms with van der Waals surface area (Å²) in [7, 11) is 0.